The zero-order valence-electron chi connectivity index (χ0n) is 17.1. The zero-order chi connectivity index (χ0) is 19.1. The highest BCUT2D eigenvalue weighted by Crippen LogP contribution is 2.41. The van der Waals surface area contributed by atoms with E-state index in [4.69, 9.17) is 9.41 Å². The molecule has 26 heavy (non-hydrogen) atoms. The van der Waals surface area contributed by atoms with E-state index >= 15 is 0 Å². The molecule has 0 spiro atoms. The minimum absolute atomic E-state index is 0.284. The van der Waals surface area contributed by atoms with Gasteiger partial charge in [-0.15, -0.1) is 0 Å². The fraction of sp³-hybridized carbons (Fsp3) is 0.667. The Morgan fingerprint density at radius 2 is 1.85 bits per heavy atom. The topological polar surface area (TPSA) is 27.1 Å². The van der Waals surface area contributed by atoms with E-state index in [2.05, 4.69) is 79.5 Å². The summed E-state index contributed by atoms with van der Waals surface area (Å²) in [4.78, 5) is 4.88. The van der Waals surface area contributed by atoms with Crippen molar-refractivity contribution >= 4 is 35.3 Å². The molecule has 2 aromatic rings. The Kier molecular flexibility index (Phi) is 5.72. The summed E-state index contributed by atoms with van der Waals surface area (Å²) in [6.45, 7) is 13.9. The van der Waals surface area contributed by atoms with Crippen LogP contribution in [-0.2, 0) is 10.8 Å². The Hall–Kier alpha value is -0.653. The van der Waals surface area contributed by atoms with Crippen molar-refractivity contribution in [3.63, 3.8) is 0 Å². The van der Waals surface area contributed by atoms with Crippen molar-refractivity contribution in [3.05, 3.63) is 28.5 Å². The summed E-state index contributed by atoms with van der Waals surface area (Å²) in [5, 5.41) is 0.284. The third-order valence-electron chi connectivity index (χ3n) is 6.32. The van der Waals surface area contributed by atoms with Gasteiger partial charge in [-0.05, 0) is 62.0 Å². The number of halogens is 1. The van der Waals surface area contributed by atoms with Crippen molar-refractivity contribution in [2.75, 3.05) is 0 Å². The third-order valence-corrected chi connectivity index (χ3v) is 11.3. The predicted molar refractivity (Wildman–Crippen MR) is 116 cm³/mol. The van der Waals surface area contributed by atoms with E-state index in [1.54, 1.807) is 0 Å². The van der Waals surface area contributed by atoms with E-state index in [-0.39, 0.29) is 5.04 Å². The number of rotatable bonds is 4. The quantitative estimate of drug-likeness (QED) is 0.488. The van der Waals surface area contributed by atoms with Gasteiger partial charge in [0.25, 0.3) is 0 Å². The van der Waals surface area contributed by atoms with Crippen LogP contribution in [0.15, 0.2) is 22.7 Å². The molecule has 1 saturated carbocycles. The van der Waals surface area contributed by atoms with Crippen LogP contribution in [0.25, 0.3) is 11.0 Å². The van der Waals surface area contributed by atoms with Crippen molar-refractivity contribution < 1.29 is 4.43 Å². The van der Waals surface area contributed by atoms with Gasteiger partial charge in [-0.1, -0.05) is 43.6 Å². The summed E-state index contributed by atoms with van der Waals surface area (Å²) >= 11 is 3.63. The summed E-state index contributed by atoms with van der Waals surface area (Å²) in [5.74, 6) is 1.21. The number of nitrogens with zero attached hydrogens (tertiary/aromatic N) is 2. The molecule has 0 amide bonds. The van der Waals surface area contributed by atoms with Crippen molar-refractivity contribution in [2.24, 2.45) is 0 Å². The lowest BCUT2D eigenvalue weighted by Crippen LogP contribution is -2.44. The van der Waals surface area contributed by atoms with Crippen LogP contribution in [0.3, 0.4) is 0 Å². The van der Waals surface area contributed by atoms with E-state index in [9.17, 15) is 0 Å². The second kappa shape index (κ2) is 7.40. The van der Waals surface area contributed by atoms with Crippen LogP contribution >= 0.6 is 15.9 Å². The van der Waals surface area contributed by atoms with Crippen LogP contribution < -0.4 is 0 Å². The molecule has 0 saturated heterocycles. The van der Waals surface area contributed by atoms with Gasteiger partial charge in [0.1, 0.15) is 5.82 Å². The first-order valence-corrected chi connectivity index (χ1v) is 13.7. The van der Waals surface area contributed by atoms with E-state index in [0.29, 0.717) is 12.1 Å². The van der Waals surface area contributed by atoms with Gasteiger partial charge >= 0.3 is 0 Å². The number of aryl methyl sites for hydroxylation is 1. The molecule has 0 radical (unpaired) electrons. The fourth-order valence-corrected chi connectivity index (χ4v) is 5.56. The average molecular weight is 437 g/mol. The van der Waals surface area contributed by atoms with Crippen molar-refractivity contribution in [2.45, 2.75) is 90.1 Å². The van der Waals surface area contributed by atoms with Crippen LogP contribution in [0.2, 0.25) is 18.1 Å². The maximum Gasteiger partial charge on any atom is 0.192 e. The molecule has 0 unspecified atom stereocenters. The van der Waals surface area contributed by atoms with Crippen LogP contribution in [0.1, 0.15) is 65.2 Å². The highest BCUT2D eigenvalue weighted by Gasteiger charge is 2.40. The molecule has 5 heteroatoms. The number of imidazole rings is 1. The first kappa shape index (κ1) is 20.1. The number of hydrogen-bond acceptors (Lipinski definition) is 2. The lowest BCUT2D eigenvalue weighted by molar-refractivity contribution is 0.118. The van der Waals surface area contributed by atoms with Gasteiger partial charge in [-0.25, -0.2) is 4.98 Å². The first-order chi connectivity index (χ1) is 12.1. The third kappa shape index (κ3) is 3.95. The minimum atomic E-state index is -1.67. The summed E-state index contributed by atoms with van der Waals surface area (Å²) in [6, 6.07) is 6.98. The molecule has 1 aromatic heterocycles. The zero-order valence-corrected chi connectivity index (χ0v) is 19.7. The maximum atomic E-state index is 6.68. The molecule has 0 bridgehead atoms. The van der Waals surface area contributed by atoms with Crippen LogP contribution in [-0.4, -0.2) is 24.0 Å². The van der Waals surface area contributed by atoms with Crippen molar-refractivity contribution in [1.82, 2.24) is 9.55 Å². The number of aromatic nitrogens is 2. The molecule has 1 aromatic carbocycles. The molecular weight excluding hydrogens is 404 g/mol. The van der Waals surface area contributed by atoms with E-state index in [1.807, 2.05) is 0 Å². The number of benzene rings is 1. The Bertz CT molecular complexity index is 770. The second-order valence-electron chi connectivity index (χ2n) is 9.19. The maximum absolute atomic E-state index is 6.68. The second-order valence-corrected chi connectivity index (χ2v) is 14.9. The van der Waals surface area contributed by atoms with E-state index in [0.717, 1.165) is 29.3 Å². The molecule has 0 atom stereocenters. The molecule has 0 N–H and O–H groups in total. The molecular formula is C21H33BrN2OSi. The van der Waals surface area contributed by atoms with Crippen LogP contribution in [0.4, 0.5) is 0 Å². The normalized spacial score (nSPS) is 22.1. The highest BCUT2D eigenvalue weighted by molar-refractivity contribution is 9.10. The minimum Gasteiger partial charge on any atom is -0.414 e. The summed E-state index contributed by atoms with van der Waals surface area (Å²) in [5.41, 5.74) is 2.38. The monoisotopic (exact) mass is 436 g/mol. The van der Waals surface area contributed by atoms with Crippen molar-refractivity contribution in [3.8, 4) is 0 Å². The molecule has 1 aliphatic carbocycles. The lowest BCUT2D eigenvalue weighted by Gasteiger charge is -2.41. The van der Waals surface area contributed by atoms with Gasteiger partial charge in [-0.3, -0.25) is 0 Å². The average Bonchev–Trinajstić information content (AvgIpc) is 2.92. The molecule has 3 nitrogen and oxygen atoms in total. The summed E-state index contributed by atoms with van der Waals surface area (Å²) < 4.78 is 10.3. The smallest absolute Gasteiger partial charge is 0.192 e. The van der Waals surface area contributed by atoms with Gasteiger partial charge < -0.3 is 8.99 Å². The Balaban J connectivity index is 1.76. The lowest BCUT2D eigenvalue weighted by atomic mass is 9.92. The van der Waals surface area contributed by atoms with Gasteiger partial charge in [0.15, 0.2) is 8.32 Å². The SMILES string of the molecule is CCc1nc2ccc(Br)cc2n1[C@H]1CC[C@H](O[Si](C)(C)C(C)(C)C)CC1. The van der Waals surface area contributed by atoms with E-state index < -0.39 is 8.32 Å². The van der Waals surface area contributed by atoms with Gasteiger partial charge in [0.2, 0.25) is 0 Å². The Morgan fingerprint density at radius 3 is 2.42 bits per heavy atom. The molecule has 1 aliphatic rings. The van der Waals surface area contributed by atoms with Gasteiger partial charge in [0, 0.05) is 23.0 Å². The van der Waals surface area contributed by atoms with Gasteiger partial charge in [0.05, 0.1) is 11.0 Å². The first-order valence-electron chi connectivity index (χ1n) is 9.96. The Morgan fingerprint density at radius 1 is 1.19 bits per heavy atom. The van der Waals surface area contributed by atoms with Crippen LogP contribution in [0, 0.1) is 0 Å². The predicted octanol–water partition coefficient (Wildman–Crippen LogP) is 6.87. The molecule has 144 valence electrons. The number of hydrogen-bond donors (Lipinski definition) is 0. The highest BCUT2D eigenvalue weighted by atomic mass is 79.9. The Labute approximate surface area is 167 Å². The fourth-order valence-electron chi connectivity index (χ4n) is 3.79. The molecule has 3 rings (SSSR count). The van der Waals surface area contributed by atoms with Crippen LogP contribution in [0.5, 0.6) is 0 Å². The molecule has 1 heterocycles. The summed E-state index contributed by atoms with van der Waals surface area (Å²) in [7, 11) is -1.67. The van der Waals surface area contributed by atoms with Gasteiger partial charge in [-0.2, -0.15) is 0 Å². The number of fused-ring (bicyclic) bond motifs is 1. The van der Waals surface area contributed by atoms with E-state index in [1.165, 1.54) is 24.2 Å². The van der Waals surface area contributed by atoms with Crippen molar-refractivity contribution in [1.29, 1.82) is 0 Å². The largest absolute Gasteiger partial charge is 0.414 e. The standard InChI is InChI=1S/C21H33BrN2OSi/c1-7-20-23-18-13-8-15(22)14-19(18)24(20)16-9-11-17(12-10-16)25-26(5,6)21(2,3)4/h8,13-14,16-17H,7,9-12H2,1-6H3/t16-,17-. The summed E-state index contributed by atoms with van der Waals surface area (Å²) in [6.07, 6.45) is 6.10. The molecule has 1 fully saturated rings. The molecule has 0 aliphatic heterocycles.